The number of hydrogen-bond acceptors (Lipinski definition) is 4. The molecule has 1 aliphatic heterocycles. The number of carbonyl (C=O) groups is 3. The molecule has 7 heteroatoms. The van der Waals surface area contributed by atoms with E-state index >= 15 is 0 Å². The Morgan fingerprint density at radius 2 is 1.95 bits per heavy atom. The number of furan rings is 1. The first kappa shape index (κ1) is 14.6. The summed E-state index contributed by atoms with van der Waals surface area (Å²) >= 11 is 0. The summed E-state index contributed by atoms with van der Waals surface area (Å²) < 4.78 is 4.96. The Kier molecular flexibility index (Phi) is 4.13. The molecule has 3 rings (SSSR count). The topological polar surface area (TPSA) is 82.9 Å². The predicted octanol–water partition coefficient (Wildman–Crippen LogP) is 0.785. The number of nitrogens with zero attached hydrogens (tertiary/aromatic N) is 2. The lowest BCUT2D eigenvalue weighted by Gasteiger charge is -2.34. The summed E-state index contributed by atoms with van der Waals surface area (Å²) in [4.78, 5) is 36.3. The first-order valence-electron chi connectivity index (χ1n) is 7.60. The van der Waals surface area contributed by atoms with Crippen molar-refractivity contribution in [1.82, 2.24) is 15.3 Å². The van der Waals surface area contributed by atoms with Gasteiger partial charge in [-0.05, 0) is 31.4 Å². The second kappa shape index (κ2) is 6.21. The Labute approximate surface area is 128 Å². The van der Waals surface area contributed by atoms with Gasteiger partial charge >= 0.3 is 0 Å². The molecule has 22 heavy (non-hydrogen) atoms. The first-order chi connectivity index (χ1) is 10.7. The minimum atomic E-state index is -0.436. The summed E-state index contributed by atoms with van der Waals surface area (Å²) in [6.45, 7) is 0.953. The molecular weight excluding hydrogens is 286 g/mol. The van der Waals surface area contributed by atoms with E-state index in [9.17, 15) is 14.4 Å². The van der Waals surface area contributed by atoms with Crippen molar-refractivity contribution in [3.8, 4) is 0 Å². The van der Waals surface area contributed by atoms with Crippen LogP contribution in [0.1, 0.15) is 36.2 Å². The van der Waals surface area contributed by atoms with Crippen LogP contribution < -0.4 is 5.32 Å². The fourth-order valence-corrected chi connectivity index (χ4v) is 2.71. The van der Waals surface area contributed by atoms with Gasteiger partial charge in [0.05, 0.1) is 12.8 Å². The van der Waals surface area contributed by atoms with Crippen LogP contribution in [0.2, 0.25) is 0 Å². The lowest BCUT2D eigenvalue weighted by atomic mass is 9.84. The molecule has 0 spiro atoms. The van der Waals surface area contributed by atoms with Crippen molar-refractivity contribution in [3.05, 3.63) is 24.2 Å². The molecule has 3 amide bonds. The summed E-state index contributed by atoms with van der Waals surface area (Å²) in [5, 5.41) is 5.52. The maximum absolute atomic E-state index is 12.3. The Balaban J connectivity index is 1.54. The Bertz CT molecular complexity index is 565. The van der Waals surface area contributed by atoms with E-state index in [2.05, 4.69) is 5.32 Å². The van der Waals surface area contributed by atoms with Gasteiger partial charge in [0.25, 0.3) is 11.8 Å². The minimum Gasteiger partial charge on any atom is -0.459 e. The monoisotopic (exact) mass is 305 g/mol. The highest BCUT2D eigenvalue weighted by atomic mass is 16.3. The van der Waals surface area contributed by atoms with Crippen LogP contribution in [0.5, 0.6) is 0 Å². The van der Waals surface area contributed by atoms with Gasteiger partial charge in [-0.25, -0.2) is 5.01 Å². The number of rotatable bonds is 4. The largest absolute Gasteiger partial charge is 0.459 e. The van der Waals surface area contributed by atoms with Gasteiger partial charge in [0.1, 0.15) is 0 Å². The second-order valence-corrected chi connectivity index (χ2v) is 5.62. The normalized spacial score (nSPS) is 18.2. The van der Waals surface area contributed by atoms with Crippen LogP contribution >= 0.6 is 0 Å². The molecule has 1 N–H and O–H groups in total. The molecule has 2 heterocycles. The van der Waals surface area contributed by atoms with E-state index in [4.69, 9.17) is 4.42 Å². The Hall–Kier alpha value is -2.31. The standard InChI is InChI=1S/C15H19N3O4/c19-13(10-16-14(20)12-6-2-9-22-12)17-7-3-8-18(17)15(21)11-4-1-5-11/h2,6,9,11H,1,3-5,7-8,10H2,(H,16,20). The smallest absolute Gasteiger partial charge is 0.287 e. The highest BCUT2D eigenvalue weighted by Crippen LogP contribution is 2.29. The van der Waals surface area contributed by atoms with Crippen molar-refractivity contribution >= 4 is 17.7 Å². The van der Waals surface area contributed by atoms with Gasteiger partial charge in [-0.15, -0.1) is 0 Å². The zero-order chi connectivity index (χ0) is 15.5. The van der Waals surface area contributed by atoms with Crippen LogP contribution in [0.4, 0.5) is 0 Å². The van der Waals surface area contributed by atoms with Gasteiger partial charge in [-0.3, -0.25) is 19.4 Å². The zero-order valence-electron chi connectivity index (χ0n) is 12.3. The van der Waals surface area contributed by atoms with Crippen molar-refractivity contribution in [3.63, 3.8) is 0 Å². The van der Waals surface area contributed by atoms with Gasteiger partial charge in [-0.1, -0.05) is 6.42 Å². The SMILES string of the molecule is O=C(NCC(=O)N1CCCN1C(=O)C1CCC1)c1ccco1. The molecule has 7 nitrogen and oxygen atoms in total. The fraction of sp³-hybridized carbons (Fsp3) is 0.533. The molecule has 1 aliphatic carbocycles. The van der Waals surface area contributed by atoms with E-state index in [0.29, 0.717) is 13.1 Å². The Morgan fingerprint density at radius 3 is 2.59 bits per heavy atom. The third kappa shape index (κ3) is 2.84. The van der Waals surface area contributed by atoms with E-state index in [1.54, 1.807) is 11.1 Å². The minimum absolute atomic E-state index is 0.0365. The van der Waals surface area contributed by atoms with Crippen LogP contribution in [0.25, 0.3) is 0 Å². The van der Waals surface area contributed by atoms with Gasteiger partial charge in [0.2, 0.25) is 5.91 Å². The van der Waals surface area contributed by atoms with Crippen LogP contribution in [0.15, 0.2) is 22.8 Å². The molecule has 0 unspecified atom stereocenters. The van der Waals surface area contributed by atoms with E-state index in [0.717, 1.165) is 25.7 Å². The lowest BCUT2D eigenvalue weighted by molar-refractivity contribution is -0.161. The van der Waals surface area contributed by atoms with Crippen molar-refractivity contribution in [2.24, 2.45) is 5.92 Å². The average molecular weight is 305 g/mol. The number of carbonyl (C=O) groups excluding carboxylic acids is 3. The van der Waals surface area contributed by atoms with Crippen molar-refractivity contribution in [1.29, 1.82) is 0 Å². The zero-order valence-corrected chi connectivity index (χ0v) is 12.3. The summed E-state index contributed by atoms with van der Waals surface area (Å²) in [6, 6.07) is 3.14. The van der Waals surface area contributed by atoms with Crippen molar-refractivity contribution in [2.75, 3.05) is 19.6 Å². The summed E-state index contributed by atoms with van der Waals surface area (Å²) in [5.74, 6) is -0.448. The highest BCUT2D eigenvalue weighted by Gasteiger charge is 2.36. The van der Waals surface area contributed by atoms with Crippen molar-refractivity contribution in [2.45, 2.75) is 25.7 Å². The molecule has 1 saturated heterocycles. The van der Waals surface area contributed by atoms with Crippen LogP contribution in [0.3, 0.4) is 0 Å². The molecule has 0 atom stereocenters. The second-order valence-electron chi connectivity index (χ2n) is 5.62. The number of hydrazine groups is 1. The van der Waals surface area contributed by atoms with E-state index in [-0.39, 0.29) is 30.0 Å². The van der Waals surface area contributed by atoms with Crippen LogP contribution in [-0.4, -0.2) is 47.4 Å². The molecule has 1 aromatic rings. The van der Waals surface area contributed by atoms with Crippen LogP contribution in [-0.2, 0) is 9.59 Å². The fourth-order valence-electron chi connectivity index (χ4n) is 2.71. The highest BCUT2D eigenvalue weighted by molar-refractivity contribution is 5.94. The van der Waals surface area contributed by atoms with E-state index in [1.165, 1.54) is 17.3 Å². The molecule has 2 aliphatic rings. The summed E-state index contributed by atoms with van der Waals surface area (Å²) in [6.07, 6.45) is 5.07. The van der Waals surface area contributed by atoms with Crippen molar-refractivity contribution < 1.29 is 18.8 Å². The summed E-state index contributed by atoms with van der Waals surface area (Å²) in [7, 11) is 0. The average Bonchev–Trinajstić information content (AvgIpc) is 3.12. The maximum Gasteiger partial charge on any atom is 0.287 e. The third-order valence-electron chi connectivity index (χ3n) is 4.17. The van der Waals surface area contributed by atoms with Crippen LogP contribution in [0, 0.1) is 5.92 Å². The quantitative estimate of drug-likeness (QED) is 0.891. The summed E-state index contributed by atoms with van der Waals surface area (Å²) in [5.41, 5.74) is 0. The lowest BCUT2D eigenvalue weighted by Crippen LogP contribution is -2.51. The number of nitrogens with one attached hydrogen (secondary N) is 1. The predicted molar refractivity (Wildman–Crippen MR) is 76.4 cm³/mol. The molecule has 0 bridgehead atoms. The van der Waals surface area contributed by atoms with Gasteiger partial charge in [0, 0.05) is 19.0 Å². The molecular formula is C15H19N3O4. The van der Waals surface area contributed by atoms with Gasteiger partial charge in [0.15, 0.2) is 5.76 Å². The Morgan fingerprint density at radius 1 is 1.18 bits per heavy atom. The van der Waals surface area contributed by atoms with Gasteiger partial charge < -0.3 is 9.73 Å². The van der Waals surface area contributed by atoms with E-state index < -0.39 is 5.91 Å². The molecule has 2 fully saturated rings. The van der Waals surface area contributed by atoms with Gasteiger partial charge in [-0.2, -0.15) is 0 Å². The van der Waals surface area contributed by atoms with E-state index in [1.807, 2.05) is 0 Å². The third-order valence-corrected chi connectivity index (χ3v) is 4.17. The maximum atomic E-state index is 12.3. The molecule has 1 saturated carbocycles. The molecule has 1 aromatic heterocycles. The molecule has 0 aromatic carbocycles. The number of amides is 3. The first-order valence-corrected chi connectivity index (χ1v) is 7.60. The molecule has 118 valence electrons. The number of hydrogen-bond donors (Lipinski definition) is 1. The molecule has 0 radical (unpaired) electrons.